The van der Waals surface area contributed by atoms with Crippen LogP contribution in [0.15, 0.2) is 73.3 Å². The summed E-state index contributed by atoms with van der Waals surface area (Å²) < 4.78 is 9.67. The van der Waals surface area contributed by atoms with E-state index in [-0.39, 0.29) is 30.5 Å². The van der Waals surface area contributed by atoms with Gasteiger partial charge in [-0.3, -0.25) is 9.69 Å². The third kappa shape index (κ3) is 8.99. The second-order valence-corrected chi connectivity index (χ2v) is 14.7. The number of benzene rings is 2. The van der Waals surface area contributed by atoms with Crippen molar-refractivity contribution in [3.63, 3.8) is 0 Å². The van der Waals surface area contributed by atoms with Crippen molar-refractivity contribution in [1.82, 2.24) is 71.2 Å². The highest BCUT2D eigenvalue weighted by Gasteiger charge is 2.37. The summed E-state index contributed by atoms with van der Waals surface area (Å²) >= 11 is 0. The summed E-state index contributed by atoms with van der Waals surface area (Å²) in [6.07, 6.45) is 9.90. The van der Waals surface area contributed by atoms with Crippen LogP contribution in [0.25, 0.3) is 33.6 Å². The SMILES string of the molecule is COC(=O)N[C@@H](Cc1cn[nH]n1)CN1CCC[C@H]1c1ncc(-c2ccc(-c3ccc(-c4cnc([C@@H]5CCCN5C(=O)[C@H](Cc5cn[nH]n5)NC(=O)OC)[nH]4)cc3)cc2)[nH]1. The third-order valence-electron chi connectivity index (χ3n) is 11.0. The van der Waals surface area contributed by atoms with Crippen LogP contribution >= 0.6 is 0 Å². The van der Waals surface area contributed by atoms with Gasteiger partial charge in [0.05, 0.1) is 79.9 Å². The van der Waals surface area contributed by atoms with E-state index in [1.165, 1.54) is 20.4 Å². The Morgan fingerprint density at radius 2 is 1.22 bits per heavy atom. The molecule has 2 saturated heterocycles. The molecule has 306 valence electrons. The topological polar surface area (TPSA) is 241 Å². The Morgan fingerprint density at radius 3 is 1.80 bits per heavy atom. The van der Waals surface area contributed by atoms with Gasteiger partial charge < -0.3 is 35.0 Å². The number of alkyl carbamates (subject to hydrolysis) is 2. The van der Waals surface area contributed by atoms with E-state index in [2.05, 4.69) is 110 Å². The monoisotopic (exact) mass is 802 g/mol. The number of likely N-dealkylation sites (tertiary alicyclic amines) is 2. The number of methoxy groups -OCH3 is 2. The largest absolute Gasteiger partial charge is 0.453 e. The van der Waals surface area contributed by atoms with Crippen molar-refractivity contribution in [2.45, 2.75) is 62.7 Å². The lowest BCUT2D eigenvalue weighted by molar-refractivity contribution is -0.134. The summed E-state index contributed by atoms with van der Waals surface area (Å²) in [6.45, 7) is 2.04. The van der Waals surface area contributed by atoms with Gasteiger partial charge in [0, 0.05) is 25.9 Å². The van der Waals surface area contributed by atoms with Crippen LogP contribution in [-0.4, -0.2) is 125 Å². The van der Waals surface area contributed by atoms with Gasteiger partial charge in [-0.1, -0.05) is 48.5 Å². The fourth-order valence-corrected chi connectivity index (χ4v) is 8.04. The molecule has 19 nitrogen and oxygen atoms in total. The second kappa shape index (κ2) is 17.7. The van der Waals surface area contributed by atoms with Crippen molar-refractivity contribution in [3.8, 4) is 33.6 Å². The molecule has 2 fully saturated rings. The first kappa shape index (κ1) is 39.0. The maximum absolute atomic E-state index is 13.8. The molecule has 0 spiro atoms. The van der Waals surface area contributed by atoms with E-state index in [4.69, 9.17) is 14.5 Å². The third-order valence-corrected chi connectivity index (χ3v) is 11.0. The number of amides is 3. The molecule has 0 bridgehead atoms. The zero-order valence-electron chi connectivity index (χ0n) is 32.7. The molecule has 19 heteroatoms. The Kier molecular flexibility index (Phi) is 11.7. The van der Waals surface area contributed by atoms with Crippen molar-refractivity contribution < 1.29 is 23.9 Å². The summed E-state index contributed by atoms with van der Waals surface area (Å²) in [7, 11) is 2.62. The van der Waals surface area contributed by atoms with Crippen molar-refractivity contribution in [1.29, 1.82) is 0 Å². The van der Waals surface area contributed by atoms with E-state index in [1.54, 1.807) is 17.3 Å². The first-order chi connectivity index (χ1) is 28.8. The number of carbonyl (C=O) groups is 3. The van der Waals surface area contributed by atoms with Gasteiger partial charge in [0.15, 0.2) is 0 Å². The number of ether oxygens (including phenoxy) is 2. The number of carbonyl (C=O) groups excluding carboxylic acids is 3. The van der Waals surface area contributed by atoms with Crippen LogP contribution in [0.3, 0.4) is 0 Å². The van der Waals surface area contributed by atoms with Crippen LogP contribution in [-0.2, 0) is 27.1 Å². The number of hydrogen-bond acceptors (Lipinski definition) is 12. The minimum atomic E-state index is -0.871. The maximum atomic E-state index is 13.8. The van der Waals surface area contributed by atoms with Crippen LogP contribution < -0.4 is 10.6 Å². The Hall–Kier alpha value is -6.89. The number of aromatic amines is 4. The fourth-order valence-electron chi connectivity index (χ4n) is 8.04. The highest BCUT2D eigenvalue weighted by atomic mass is 16.5. The quantitative estimate of drug-likeness (QED) is 0.0913. The van der Waals surface area contributed by atoms with Gasteiger partial charge in [-0.05, 0) is 54.5 Å². The molecule has 4 aromatic heterocycles. The molecule has 2 aromatic carbocycles. The molecule has 0 saturated carbocycles. The number of hydrogen-bond donors (Lipinski definition) is 6. The zero-order valence-corrected chi connectivity index (χ0v) is 32.7. The van der Waals surface area contributed by atoms with Crippen molar-refractivity contribution in [2.75, 3.05) is 33.9 Å². The van der Waals surface area contributed by atoms with Crippen molar-refractivity contribution in [2.24, 2.45) is 0 Å². The minimum absolute atomic E-state index is 0.0879. The lowest BCUT2D eigenvalue weighted by Crippen LogP contribution is -2.49. The molecule has 3 amide bonds. The first-order valence-electron chi connectivity index (χ1n) is 19.6. The molecule has 4 atom stereocenters. The number of nitrogens with zero attached hydrogens (tertiary/aromatic N) is 8. The molecule has 0 unspecified atom stereocenters. The highest BCUT2D eigenvalue weighted by Crippen LogP contribution is 2.34. The van der Waals surface area contributed by atoms with E-state index in [0.29, 0.717) is 31.0 Å². The summed E-state index contributed by atoms with van der Waals surface area (Å²) in [4.78, 5) is 58.6. The molecule has 6 aromatic rings. The Bertz CT molecular complexity index is 2310. The summed E-state index contributed by atoms with van der Waals surface area (Å²) in [5.41, 5.74) is 7.22. The molecule has 2 aliphatic rings. The Morgan fingerprint density at radius 1 is 0.695 bits per heavy atom. The molecule has 0 radical (unpaired) electrons. The van der Waals surface area contributed by atoms with Gasteiger partial charge in [-0.25, -0.2) is 19.6 Å². The van der Waals surface area contributed by atoms with E-state index < -0.39 is 18.2 Å². The van der Waals surface area contributed by atoms with E-state index in [0.717, 1.165) is 77.4 Å². The molecule has 6 N–H and O–H groups in total. The Labute approximate surface area is 339 Å². The fraction of sp³-hybridized carbons (Fsp3) is 0.375. The molecular weight excluding hydrogens is 757 g/mol. The molecule has 2 aliphatic heterocycles. The van der Waals surface area contributed by atoms with Gasteiger partial charge in [-0.15, -0.1) is 0 Å². The van der Waals surface area contributed by atoms with Crippen molar-refractivity contribution >= 4 is 18.1 Å². The summed E-state index contributed by atoms with van der Waals surface area (Å²) in [6, 6.07) is 15.4. The number of aromatic nitrogens is 10. The number of H-pyrrole nitrogens is 4. The molecule has 0 aliphatic carbocycles. The average molecular weight is 803 g/mol. The van der Waals surface area contributed by atoms with Gasteiger partial charge in [0.1, 0.15) is 17.7 Å². The lowest BCUT2D eigenvalue weighted by atomic mass is 10.0. The molecule has 6 heterocycles. The molecular formula is C40H46N14O5. The second-order valence-electron chi connectivity index (χ2n) is 14.7. The van der Waals surface area contributed by atoms with Crippen molar-refractivity contribution in [3.05, 3.63) is 96.4 Å². The summed E-state index contributed by atoms with van der Waals surface area (Å²) in [5, 5.41) is 26.7. The van der Waals surface area contributed by atoms with E-state index >= 15 is 0 Å². The van der Waals surface area contributed by atoms with Crippen LogP contribution in [0.2, 0.25) is 0 Å². The van der Waals surface area contributed by atoms with Crippen LogP contribution in [0, 0.1) is 0 Å². The minimum Gasteiger partial charge on any atom is -0.453 e. The number of rotatable bonds is 14. The smallest absolute Gasteiger partial charge is 0.407 e. The highest BCUT2D eigenvalue weighted by molar-refractivity contribution is 5.86. The number of imidazole rings is 2. The first-order valence-corrected chi connectivity index (χ1v) is 19.6. The van der Waals surface area contributed by atoms with E-state index in [9.17, 15) is 14.4 Å². The average Bonchev–Trinajstić information content (AvgIpc) is 4.11. The molecule has 59 heavy (non-hydrogen) atoms. The normalized spacial score (nSPS) is 17.8. The van der Waals surface area contributed by atoms with Crippen LogP contribution in [0.4, 0.5) is 9.59 Å². The standard InChI is InChI=1S/C40H46N14O5/c1-58-39(56)45-30(17-28-19-43-51-49-28)23-53-15-3-5-34(53)36-41-21-32(46-36)26-11-7-24(8-12-26)25-9-13-27(14-10-25)33-22-42-37(47-33)35-6-4-16-54(35)38(55)31(48-40(57)59-2)18-29-20-44-52-50-29/h7-14,19-22,30-31,34-35H,3-6,15-18,23H2,1-2H3,(H,41,46)(H,42,47)(H,45,56)(H,48,57)(H,43,49,51)(H,44,50,52)/t30-,31-,34-,35-/m0/s1. The van der Waals surface area contributed by atoms with Gasteiger partial charge in [0.2, 0.25) is 5.91 Å². The maximum Gasteiger partial charge on any atom is 0.407 e. The summed E-state index contributed by atoms with van der Waals surface area (Å²) in [5.74, 6) is 1.35. The predicted octanol–water partition coefficient (Wildman–Crippen LogP) is 4.11. The predicted molar refractivity (Wildman–Crippen MR) is 213 cm³/mol. The Balaban J connectivity index is 0.902. The van der Waals surface area contributed by atoms with Crippen LogP contribution in [0.5, 0.6) is 0 Å². The van der Waals surface area contributed by atoms with E-state index in [1.807, 2.05) is 6.20 Å². The number of nitrogens with one attached hydrogen (secondary N) is 6. The van der Waals surface area contributed by atoms with Gasteiger partial charge >= 0.3 is 12.2 Å². The molecule has 8 rings (SSSR count). The van der Waals surface area contributed by atoms with Crippen LogP contribution in [0.1, 0.15) is 60.8 Å². The van der Waals surface area contributed by atoms with Gasteiger partial charge in [-0.2, -0.15) is 30.8 Å². The lowest BCUT2D eigenvalue weighted by Gasteiger charge is -2.28. The van der Waals surface area contributed by atoms with Gasteiger partial charge in [0.25, 0.3) is 0 Å². The zero-order chi connectivity index (χ0) is 40.7.